The molecule has 4 aromatic rings. The third kappa shape index (κ3) is 0.798. The summed E-state index contributed by atoms with van der Waals surface area (Å²) in [4.78, 5) is 3.16. The molecular weight excluding hydrogens is 202 g/mol. The van der Waals surface area contributed by atoms with Gasteiger partial charge in [-0.1, -0.05) is 12.1 Å². The monoisotopic (exact) mass is 209 g/mol. The summed E-state index contributed by atoms with van der Waals surface area (Å²) in [5.74, 6) is 0.269. The first-order chi connectivity index (χ1) is 7.83. The molecule has 4 nitrogen and oxygen atoms in total. The van der Waals surface area contributed by atoms with E-state index < -0.39 is 0 Å². The summed E-state index contributed by atoms with van der Waals surface area (Å²) < 4.78 is 0. The molecule has 76 valence electrons. The van der Waals surface area contributed by atoms with Crippen LogP contribution < -0.4 is 0 Å². The van der Waals surface area contributed by atoms with Crippen molar-refractivity contribution in [3.63, 3.8) is 0 Å². The molecule has 2 aromatic heterocycles. The van der Waals surface area contributed by atoms with Gasteiger partial charge in [-0.2, -0.15) is 0 Å². The van der Waals surface area contributed by atoms with Crippen molar-refractivity contribution in [3.8, 4) is 5.75 Å². The smallest absolute Gasteiger partial charge is 0.164 e. The summed E-state index contributed by atoms with van der Waals surface area (Å²) in [6.07, 6.45) is 0. The van der Waals surface area contributed by atoms with Crippen LogP contribution in [0.5, 0.6) is 5.75 Å². The van der Waals surface area contributed by atoms with Gasteiger partial charge in [0.15, 0.2) is 5.65 Å². The minimum Gasteiger partial charge on any atom is -0.508 e. The molecule has 0 aliphatic heterocycles. The number of hydrogen-bond donors (Lipinski definition) is 2. The molecule has 0 saturated heterocycles. The fraction of sp³-hybridized carbons (Fsp3) is 0. The third-order valence-corrected chi connectivity index (χ3v) is 2.97. The number of fused-ring (bicyclic) bond motifs is 2. The Hall–Kier alpha value is -2.36. The van der Waals surface area contributed by atoms with E-state index in [1.54, 1.807) is 12.1 Å². The van der Waals surface area contributed by atoms with Crippen LogP contribution in [0.3, 0.4) is 0 Å². The lowest BCUT2D eigenvalue weighted by Gasteiger charge is -2.02. The van der Waals surface area contributed by atoms with E-state index in [0.717, 1.165) is 32.8 Å². The Morgan fingerprint density at radius 2 is 1.94 bits per heavy atom. The first-order valence-electron chi connectivity index (χ1n) is 5.02. The van der Waals surface area contributed by atoms with E-state index in [0.29, 0.717) is 0 Å². The van der Waals surface area contributed by atoms with E-state index in [2.05, 4.69) is 15.2 Å². The van der Waals surface area contributed by atoms with Gasteiger partial charge in [0.05, 0.1) is 16.4 Å². The van der Waals surface area contributed by atoms with Crippen LogP contribution in [0.1, 0.15) is 0 Å². The zero-order valence-electron chi connectivity index (χ0n) is 8.23. The highest BCUT2D eigenvalue weighted by atomic mass is 16.3. The molecular formula is C12H7N3O. The van der Waals surface area contributed by atoms with Crippen molar-refractivity contribution in [2.45, 2.75) is 0 Å². The Bertz CT molecular complexity index is 819. The summed E-state index contributed by atoms with van der Waals surface area (Å²) in [6, 6.07) is 9.28. The number of H-pyrrole nitrogens is 1. The highest BCUT2D eigenvalue weighted by Gasteiger charge is 2.13. The van der Waals surface area contributed by atoms with Gasteiger partial charge in [0, 0.05) is 5.39 Å². The van der Waals surface area contributed by atoms with Crippen LogP contribution in [0.25, 0.3) is 32.8 Å². The lowest BCUT2D eigenvalue weighted by atomic mass is 10.1. The van der Waals surface area contributed by atoms with Crippen LogP contribution >= 0.6 is 0 Å². The Labute approximate surface area is 89.9 Å². The van der Waals surface area contributed by atoms with Gasteiger partial charge in [-0.3, -0.25) is 0 Å². The molecule has 0 amide bonds. The standard InChI is InChI=1S/C12H7N3O/c16-7-3-1-6-2-4-9-10-11(8(6)5-7)13-12(10)15-14-9/h1-5,16H,(H,13,14,15). The number of aromatic amines is 1. The first kappa shape index (κ1) is 7.87. The van der Waals surface area contributed by atoms with E-state index in [1.807, 2.05) is 18.2 Å². The number of hydrogen-bond acceptors (Lipinski definition) is 3. The van der Waals surface area contributed by atoms with Crippen molar-refractivity contribution >= 4 is 32.8 Å². The van der Waals surface area contributed by atoms with Crippen molar-refractivity contribution in [2.24, 2.45) is 0 Å². The van der Waals surface area contributed by atoms with Crippen molar-refractivity contribution in [2.75, 3.05) is 0 Å². The minimum absolute atomic E-state index is 0.269. The van der Waals surface area contributed by atoms with Gasteiger partial charge in [-0.25, -0.2) is 0 Å². The Kier molecular flexibility index (Phi) is 1.19. The van der Waals surface area contributed by atoms with Crippen LogP contribution in [-0.4, -0.2) is 20.3 Å². The van der Waals surface area contributed by atoms with E-state index in [4.69, 9.17) is 0 Å². The average Bonchev–Trinajstić information content (AvgIpc) is 2.49. The number of phenolic OH excluding ortho intramolecular Hbond substituents is 1. The van der Waals surface area contributed by atoms with E-state index in [9.17, 15) is 5.11 Å². The Morgan fingerprint density at radius 3 is 2.88 bits per heavy atom. The molecule has 0 aliphatic carbocycles. The number of aromatic nitrogens is 3. The summed E-state index contributed by atoms with van der Waals surface area (Å²) in [6.45, 7) is 0. The fourth-order valence-corrected chi connectivity index (χ4v) is 2.17. The maximum Gasteiger partial charge on any atom is 0.164 e. The van der Waals surface area contributed by atoms with E-state index in [-0.39, 0.29) is 5.75 Å². The highest BCUT2D eigenvalue weighted by molar-refractivity contribution is 6.18. The van der Waals surface area contributed by atoms with Crippen LogP contribution in [0.2, 0.25) is 0 Å². The maximum atomic E-state index is 9.52. The molecule has 0 spiro atoms. The molecule has 2 heterocycles. The minimum atomic E-state index is 0.269. The summed E-state index contributed by atoms with van der Waals surface area (Å²) in [7, 11) is 0. The molecule has 0 saturated carbocycles. The second-order valence-electron chi connectivity index (χ2n) is 3.91. The molecule has 16 heavy (non-hydrogen) atoms. The average molecular weight is 209 g/mol. The molecule has 0 fully saturated rings. The number of phenols is 1. The summed E-state index contributed by atoms with van der Waals surface area (Å²) in [5, 5.41) is 20.7. The predicted molar refractivity (Wildman–Crippen MR) is 61.8 cm³/mol. The number of aromatic hydroxyl groups is 1. The fourth-order valence-electron chi connectivity index (χ4n) is 2.17. The molecule has 4 rings (SSSR count). The largest absolute Gasteiger partial charge is 0.508 e. The third-order valence-electron chi connectivity index (χ3n) is 2.97. The lowest BCUT2D eigenvalue weighted by Crippen LogP contribution is -1.84. The van der Waals surface area contributed by atoms with Gasteiger partial charge >= 0.3 is 0 Å². The zero-order valence-corrected chi connectivity index (χ0v) is 8.23. The van der Waals surface area contributed by atoms with Crippen molar-refractivity contribution in [3.05, 3.63) is 30.3 Å². The van der Waals surface area contributed by atoms with Gasteiger partial charge in [-0.05, 0) is 23.6 Å². The van der Waals surface area contributed by atoms with Crippen LogP contribution in [0, 0.1) is 0 Å². The van der Waals surface area contributed by atoms with Gasteiger partial charge in [0.25, 0.3) is 0 Å². The predicted octanol–water partition coefficient (Wildman–Crippen LogP) is 2.41. The molecule has 0 radical (unpaired) electrons. The second kappa shape index (κ2) is 2.41. The van der Waals surface area contributed by atoms with Gasteiger partial charge in [-0.15, -0.1) is 10.2 Å². The van der Waals surface area contributed by atoms with E-state index >= 15 is 0 Å². The topological polar surface area (TPSA) is 61.8 Å². The molecule has 2 aromatic carbocycles. The van der Waals surface area contributed by atoms with Crippen LogP contribution in [-0.2, 0) is 0 Å². The van der Waals surface area contributed by atoms with Gasteiger partial charge < -0.3 is 10.1 Å². The molecule has 0 bridgehead atoms. The molecule has 4 heteroatoms. The number of rotatable bonds is 0. The summed E-state index contributed by atoms with van der Waals surface area (Å²) in [5.41, 5.74) is 2.72. The van der Waals surface area contributed by atoms with Gasteiger partial charge in [0.1, 0.15) is 5.75 Å². The molecule has 2 N–H and O–H groups in total. The number of nitrogens with one attached hydrogen (secondary N) is 1. The summed E-state index contributed by atoms with van der Waals surface area (Å²) >= 11 is 0. The van der Waals surface area contributed by atoms with Crippen molar-refractivity contribution in [1.82, 2.24) is 15.2 Å². The normalized spacial score (nSPS) is 12.0. The zero-order chi connectivity index (χ0) is 10.7. The van der Waals surface area contributed by atoms with Crippen LogP contribution in [0.4, 0.5) is 0 Å². The maximum absolute atomic E-state index is 9.52. The van der Waals surface area contributed by atoms with Crippen molar-refractivity contribution in [1.29, 1.82) is 0 Å². The first-order valence-corrected chi connectivity index (χ1v) is 5.02. The highest BCUT2D eigenvalue weighted by Crippen LogP contribution is 2.32. The SMILES string of the molecule is Oc1ccc2ccc3nnc4[nH]c(c2c1)c34. The van der Waals surface area contributed by atoms with Gasteiger partial charge in [0.2, 0.25) is 0 Å². The molecule has 0 aliphatic rings. The van der Waals surface area contributed by atoms with Crippen LogP contribution in [0.15, 0.2) is 30.3 Å². The molecule has 0 unspecified atom stereocenters. The molecule has 0 atom stereocenters. The van der Waals surface area contributed by atoms with E-state index in [1.165, 1.54) is 0 Å². The Balaban J connectivity index is 2.37. The number of benzene rings is 1. The number of nitrogens with zero attached hydrogens (tertiary/aromatic N) is 2. The lowest BCUT2D eigenvalue weighted by molar-refractivity contribution is 0.476. The second-order valence-corrected chi connectivity index (χ2v) is 3.91. The van der Waals surface area contributed by atoms with Crippen molar-refractivity contribution < 1.29 is 5.11 Å². The Morgan fingerprint density at radius 1 is 1.06 bits per heavy atom. The quantitative estimate of drug-likeness (QED) is 0.467.